The van der Waals surface area contributed by atoms with Crippen LogP contribution in [-0.2, 0) is 6.54 Å². The number of hydrogen-bond acceptors (Lipinski definition) is 5. The molecule has 0 radical (unpaired) electrons. The summed E-state index contributed by atoms with van der Waals surface area (Å²) in [7, 11) is 1.54. The summed E-state index contributed by atoms with van der Waals surface area (Å²) in [6, 6.07) is 8.93. The molecule has 0 spiro atoms. The summed E-state index contributed by atoms with van der Waals surface area (Å²) < 4.78 is 8.59. The van der Waals surface area contributed by atoms with Gasteiger partial charge in [-0.2, -0.15) is 5.10 Å². The molecule has 1 amide bonds. The molecular weight excluding hydrogens is 358 g/mol. The predicted molar refractivity (Wildman–Crippen MR) is 107 cm³/mol. The van der Waals surface area contributed by atoms with Crippen LogP contribution in [0.3, 0.4) is 0 Å². The van der Waals surface area contributed by atoms with Gasteiger partial charge in [-0.3, -0.25) is 14.2 Å². The maximum Gasteiger partial charge on any atom is 0.268 e. The quantitative estimate of drug-likeness (QED) is 0.727. The molecule has 2 N–H and O–H groups in total. The fraction of sp³-hybridized carbons (Fsp3) is 0.250. The number of ether oxygens (including phenoxy) is 1. The Labute approximate surface area is 161 Å². The zero-order valence-electron chi connectivity index (χ0n) is 15.7. The topological polar surface area (TPSA) is 90.2 Å². The van der Waals surface area contributed by atoms with E-state index in [1.165, 1.54) is 4.57 Å². The third kappa shape index (κ3) is 3.02. The molecule has 1 aromatic carbocycles. The molecule has 0 atom stereocenters. The number of anilines is 2. The molecule has 4 rings (SSSR count). The summed E-state index contributed by atoms with van der Waals surface area (Å²) in [4.78, 5) is 26.1. The van der Waals surface area contributed by atoms with Crippen molar-refractivity contribution in [2.75, 3.05) is 24.3 Å². The van der Waals surface area contributed by atoms with Crippen molar-refractivity contribution in [3.8, 4) is 11.4 Å². The number of fused-ring (bicyclic) bond motifs is 1. The monoisotopic (exact) mass is 379 g/mol. The van der Waals surface area contributed by atoms with Crippen LogP contribution >= 0.6 is 0 Å². The van der Waals surface area contributed by atoms with Crippen molar-refractivity contribution in [2.24, 2.45) is 0 Å². The standard InChI is InChI=1S/C20H21N5O3/c1-13-8-11-24(15-6-3-4-7-16(15)28-2)20(27)17(13)19(26)23-14-12-22-25-10-5-9-21-18(14)25/h3-4,6-8,11-12,21H,5,9-10H2,1-2H3,(H,23,26). The average Bonchev–Trinajstić information content (AvgIpc) is 3.11. The number of methoxy groups -OCH3 is 1. The van der Waals surface area contributed by atoms with E-state index in [1.54, 1.807) is 44.6 Å². The lowest BCUT2D eigenvalue weighted by Crippen LogP contribution is -2.30. The Morgan fingerprint density at radius 1 is 1.29 bits per heavy atom. The molecule has 0 saturated heterocycles. The van der Waals surface area contributed by atoms with Gasteiger partial charge < -0.3 is 15.4 Å². The van der Waals surface area contributed by atoms with Crippen LogP contribution in [0, 0.1) is 6.92 Å². The molecule has 3 heterocycles. The molecule has 0 bridgehead atoms. The number of nitrogens with zero attached hydrogens (tertiary/aromatic N) is 3. The number of aryl methyl sites for hydroxylation is 2. The van der Waals surface area contributed by atoms with Gasteiger partial charge in [0.1, 0.15) is 22.8 Å². The van der Waals surface area contributed by atoms with Crippen LogP contribution in [0.2, 0.25) is 0 Å². The second-order valence-electron chi connectivity index (χ2n) is 6.59. The number of amides is 1. The number of pyridine rings is 1. The molecule has 0 fully saturated rings. The summed E-state index contributed by atoms with van der Waals surface area (Å²) in [5.74, 6) is 0.850. The molecule has 2 aromatic heterocycles. The second-order valence-corrected chi connectivity index (χ2v) is 6.59. The minimum absolute atomic E-state index is 0.0872. The highest BCUT2D eigenvalue weighted by Gasteiger charge is 2.21. The van der Waals surface area contributed by atoms with E-state index >= 15 is 0 Å². The first-order valence-electron chi connectivity index (χ1n) is 9.07. The summed E-state index contributed by atoms with van der Waals surface area (Å²) >= 11 is 0. The average molecular weight is 379 g/mol. The highest BCUT2D eigenvalue weighted by molar-refractivity contribution is 6.06. The van der Waals surface area contributed by atoms with Crippen molar-refractivity contribution < 1.29 is 9.53 Å². The Kier molecular flexibility index (Phi) is 4.60. The van der Waals surface area contributed by atoms with Gasteiger partial charge >= 0.3 is 0 Å². The molecule has 144 valence electrons. The largest absolute Gasteiger partial charge is 0.495 e. The Balaban J connectivity index is 1.73. The van der Waals surface area contributed by atoms with Gasteiger partial charge in [0, 0.05) is 19.3 Å². The number of benzene rings is 1. The summed E-state index contributed by atoms with van der Waals surface area (Å²) in [5.41, 5.74) is 1.42. The van der Waals surface area contributed by atoms with E-state index in [0.717, 1.165) is 25.3 Å². The van der Waals surface area contributed by atoms with Crippen LogP contribution in [0.1, 0.15) is 22.3 Å². The van der Waals surface area contributed by atoms with Gasteiger partial charge in [0.25, 0.3) is 11.5 Å². The molecule has 0 saturated carbocycles. The Morgan fingerprint density at radius 2 is 2.11 bits per heavy atom. The van der Waals surface area contributed by atoms with Crippen LogP contribution < -0.4 is 20.9 Å². The zero-order chi connectivity index (χ0) is 19.7. The van der Waals surface area contributed by atoms with Crippen LogP contribution in [0.4, 0.5) is 11.5 Å². The Bertz CT molecular complexity index is 1100. The molecule has 1 aliphatic rings. The third-order valence-electron chi connectivity index (χ3n) is 4.80. The van der Waals surface area contributed by atoms with Crippen LogP contribution in [-0.4, -0.2) is 33.9 Å². The van der Waals surface area contributed by atoms with E-state index in [0.29, 0.717) is 22.7 Å². The maximum absolute atomic E-state index is 13.1. The minimum Gasteiger partial charge on any atom is -0.495 e. The minimum atomic E-state index is -0.463. The predicted octanol–water partition coefficient (Wildman–Crippen LogP) is 2.42. The van der Waals surface area contributed by atoms with Crippen molar-refractivity contribution in [1.29, 1.82) is 0 Å². The molecule has 8 heteroatoms. The molecule has 28 heavy (non-hydrogen) atoms. The first kappa shape index (κ1) is 17.8. The Hall–Kier alpha value is -3.55. The maximum atomic E-state index is 13.1. The number of para-hydroxylation sites is 2. The van der Waals surface area contributed by atoms with Crippen LogP contribution in [0.15, 0.2) is 47.5 Å². The van der Waals surface area contributed by atoms with E-state index in [4.69, 9.17) is 4.74 Å². The Morgan fingerprint density at radius 3 is 2.93 bits per heavy atom. The van der Waals surface area contributed by atoms with Crippen LogP contribution in [0.5, 0.6) is 5.75 Å². The lowest BCUT2D eigenvalue weighted by molar-refractivity contribution is 0.102. The van der Waals surface area contributed by atoms with Gasteiger partial charge in [-0.25, -0.2) is 4.68 Å². The van der Waals surface area contributed by atoms with Crippen molar-refractivity contribution in [1.82, 2.24) is 14.3 Å². The first-order chi connectivity index (χ1) is 13.6. The first-order valence-corrected chi connectivity index (χ1v) is 9.07. The van der Waals surface area contributed by atoms with Gasteiger partial charge in [-0.05, 0) is 37.1 Å². The highest BCUT2D eigenvalue weighted by Crippen LogP contribution is 2.25. The van der Waals surface area contributed by atoms with E-state index in [1.807, 2.05) is 16.8 Å². The SMILES string of the molecule is COc1ccccc1-n1ccc(C)c(C(=O)Nc2cnn3c2NCCC3)c1=O. The van der Waals surface area contributed by atoms with E-state index < -0.39 is 11.5 Å². The summed E-state index contributed by atoms with van der Waals surface area (Å²) in [5, 5.41) is 10.3. The third-order valence-corrected chi connectivity index (χ3v) is 4.80. The lowest BCUT2D eigenvalue weighted by atomic mass is 10.1. The van der Waals surface area contributed by atoms with E-state index in [2.05, 4.69) is 15.7 Å². The second kappa shape index (κ2) is 7.22. The number of rotatable bonds is 4. The molecular formula is C20H21N5O3. The van der Waals surface area contributed by atoms with Gasteiger partial charge in [0.15, 0.2) is 0 Å². The summed E-state index contributed by atoms with van der Waals surface area (Å²) in [6.45, 7) is 3.36. The smallest absolute Gasteiger partial charge is 0.268 e. The van der Waals surface area contributed by atoms with Gasteiger partial charge in [0.05, 0.1) is 19.0 Å². The fourth-order valence-corrected chi connectivity index (χ4v) is 3.37. The molecule has 3 aromatic rings. The van der Waals surface area contributed by atoms with Crippen LogP contribution in [0.25, 0.3) is 5.69 Å². The number of nitrogens with one attached hydrogen (secondary N) is 2. The van der Waals surface area contributed by atoms with Gasteiger partial charge in [-0.15, -0.1) is 0 Å². The normalized spacial score (nSPS) is 12.8. The van der Waals surface area contributed by atoms with Gasteiger partial charge in [0.2, 0.25) is 0 Å². The van der Waals surface area contributed by atoms with Crippen molar-refractivity contribution in [3.05, 3.63) is 64.2 Å². The van der Waals surface area contributed by atoms with Crippen molar-refractivity contribution in [3.63, 3.8) is 0 Å². The van der Waals surface area contributed by atoms with Crippen molar-refractivity contribution in [2.45, 2.75) is 19.9 Å². The fourth-order valence-electron chi connectivity index (χ4n) is 3.37. The lowest BCUT2D eigenvalue weighted by Gasteiger charge is -2.17. The van der Waals surface area contributed by atoms with E-state index in [-0.39, 0.29) is 5.56 Å². The number of carbonyl (C=O) groups excluding carboxylic acids is 1. The number of hydrogen-bond donors (Lipinski definition) is 2. The number of aromatic nitrogens is 3. The zero-order valence-corrected chi connectivity index (χ0v) is 15.7. The molecule has 0 aliphatic carbocycles. The van der Waals surface area contributed by atoms with E-state index in [9.17, 15) is 9.59 Å². The van der Waals surface area contributed by atoms with Gasteiger partial charge in [-0.1, -0.05) is 12.1 Å². The number of carbonyl (C=O) groups is 1. The highest BCUT2D eigenvalue weighted by atomic mass is 16.5. The molecule has 1 aliphatic heterocycles. The summed E-state index contributed by atoms with van der Waals surface area (Å²) in [6.07, 6.45) is 4.22. The van der Waals surface area contributed by atoms with Crippen molar-refractivity contribution >= 4 is 17.4 Å². The molecule has 8 nitrogen and oxygen atoms in total. The molecule has 0 unspecified atom stereocenters.